The Hall–Kier alpha value is -1.75. The minimum absolute atomic E-state index is 0.271. The summed E-state index contributed by atoms with van der Waals surface area (Å²) < 4.78 is 18.5. The molecule has 1 aromatic heterocycles. The molecule has 2 atom stereocenters. The normalized spacial score (nSPS) is 26.0. The monoisotopic (exact) mass is 289 g/mol. The van der Waals surface area contributed by atoms with Crippen molar-refractivity contribution in [1.29, 1.82) is 0 Å². The van der Waals surface area contributed by atoms with Gasteiger partial charge >= 0.3 is 0 Å². The number of nitrogens with zero attached hydrogens (tertiary/aromatic N) is 2. The highest BCUT2D eigenvalue weighted by atomic mass is 19.1. The van der Waals surface area contributed by atoms with Crippen LogP contribution < -0.4 is 5.73 Å². The van der Waals surface area contributed by atoms with E-state index >= 15 is 0 Å². The summed E-state index contributed by atoms with van der Waals surface area (Å²) in [5.41, 5.74) is 7.50. The lowest BCUT2D eigenvalue weighted by Crippen LogP contribution is -2.42. The number of hydrogen-bond acceptors (Lipinski definition) is 4. The first-order valence-electron chi connectivity index (χ1n) is 7.37. The van der Waals surface area contributed by atoms with Gasteiger partial charge in [-0.05, 0) is 49.4 Å². The van der Waals surface area contributed by atoms with E-state index in [1.54, 1.807) is 6.07 Å². The van der Waals surface area contributed by atoms with Gasteiger partial charge in [-0.25, -0.2) is 4.39 Å². The Kier molecular flexibility index (Phi) is 3.53. The van der Waals surface area contributed by atoms with Crippen LogP contribution in [-0.4, -0.2) is 10.1 Å². The van der Waals surface area contributed by atoms with Crippen molar-refractivity contribution in [3.05, 3.63) is 35.4 Å². The van der Waals surface area contributed by atoms with Crippen molar-refractivity contribution >= 4 is 0 Å². The van der Waals surface area contributed by atoms with E-state index in [4.69, 9.17) is 10.3 Å². The second-order valence-electron chi connectivity index (χ2n) is 6.24. The zero-order valence-corrected chi connectivity index (χ0v) is 12.4. The Labute approximate surface area is 123 Å². The van der Waals surface area contributed by atoms with E-state index in [1.165, 1.54) is 18.6 Å². The quantitative estimate of drug-likeness (QED) is 0.918. The molecular weight excluding hydrogens is 269 g/mol. The Morgan fingerprint density at radius 1 is 1.43 bits per heavy atom. The second kappa shape index (κ2) is 5.22. The van der Waals surface area contributed by atoms with Crippen LogP contribution in [-0.2, 0) is 5.54 Å². The molecule has 3 rings (SSSR count). The Morgan fingerprint density at radius 3 is 2.95 bits per heavy atom. The number of hydrogen-bond donors (Lipinski definition) is 1. The third kappa shape index (κ3) is 2.70. The molecule has 21 heavy (non-hydrogen) atoms. The molecular formula is C16H20FN3O. The van der Waals surface area contributed by atoms with E-state index in [2.05, 4.69) is 17.1 Å². The maximum atomic E-state index is 13.2. The van der Waals surface area contributed by atoms with Crippen molar-refractivity contribution < 1.29 is 8.91 Å². The predicted molar refractivity (Wildman–Crippen MR) is 77.9 cm³/mol. The zero-order valence-electron chi connectivity index (χ0n) is 12.4. The molecule has 1 saturated carbocycles. The highest BCUT2D eigenvalue weighted by Gasteiger charge is 2.37. The Bertz CT molecular complexity index is 655. The highest BCUT2D eigenvalue weighted by Crippen LogP contribution is 2.37. The van der Waals surface area contributed by atoms with E-state index in [9.17, 15) is 4.39 Å². The highest BCUT2D eigenvalue weighted by molar-refractivity contribution is 5.58. The van der Waals surface area contributed by atoms with Gasteiger partial charge in [0.1, 0.15) is 5.82 Å². The van der Waals surface area contributed by atoms with Gasteiger partial charge in [0.05, 0.1) is 5.54 Å². The van der Waals surface area contributed by atoms with Crippen molar-refractivity contribution in [3.8, 4) is 11.5 Å². The molecule has 2 unspecified atom stereocenters. The molecule has 0 aliphatic heterocycles. The molecule has 1 aliphatic carbocycles. The second-order valence-corrected chi connectivity index (χ2v) is 6.24. The van der Waals surface area contributed by atoms with Gasteiger partial charge < -0.3 is 10.3 Å². The zero-order chi connectivity index (χ0) is 15.0. The molecule has 1 aromatic carbocycles. The predicted octanol–water partition coefficient (Wildman–Crippen LogP) is 3.55. The molecule has 1 fully saturated rings. The van der Waals surface area contributed by atoms with Crippen LogP contribution in [0.5, 0.6) is 0 Å². The lowest BCUT2D eigenvalue weighted by molar-refractivity contribution is 0.222. The molecule has 4 nitrogen and oxygen atoms in total. The van der Waals surface area contributed by atoms with Gasteiger partial charge in [0.15, 0.2) is 5.82 Å². The summed E-state index contributed by atoms with van der Waals surface area (Å²) in [5.74, 6) is 1.27. The SMILES string of the molecule is Cc1cc(F)ccc1-c1nc(C2(N)CCCC(C)C2)no1. The summed E-state index contributed by atoms with van der Waals surface area (Å²) >= 11 is 0. The number of rotatable bonds is 2. The van der Waals surface area contributed by atoms with E-state index in [-0.39, 0.29) is 5.82 Å². The van der Waals surface area contributed by atoms with Gasteiger partial charge in [0.25, 0.3) is 5.89 Å². The third-order valence-electron chi connectivity index (χ3n) is 4.32. The molecule has 2 N–H and O–H groups in total. The summed E-state index contributed by atoms with van der Waals surface area (Å²) in [6.45, 7) is 4.02. The number of aryl methyl sites for hydroxylation is 1. The van der Waals surface area contributed by atoms with E-state index in [1.807, 2.05) is 6.92 Å². The average molecular weight is 289 g/mol. The summed E-state index contributed by atoms with van der Waals surface area (Å²) in [7, 11) is 0. The molecule has 0 amide bonds. The van der Waals surface area contributed by atoms with E-state index < -0.39 is 5.54 Å². The number of halogens is 1. The van der Waals surface area contributed by atoms with Crippen LogP contribution in [0.4, 0.5) is 4.39 Å². The van der Waals surface area contributed by atoms with Gasteiger partial charge in [-0.15, -0.1) is 0 Å². The van der Waals surface area contributed by atoms with Crippen LogP contribution in [0, 0.1) is 18.7 Å². The van der Waals surface area contributed by atoms with Crippen molar-refractivity contribution in [2.24, 2.45) is 11.7 Å². The molecule has 2 aromatic rings. The first-order valence-corrected chi connectivity index (χ1v) is 7.37. The molecule has 0 saturated heterocycles. The fraction of sp³-hybridized carbons (Fsp3) is 0.500. The summed E-state index contributed by atoms with van der Waals surface area (Å²) in [6.07, 6.45) is 4.02. The fourth-order valence-corrected chi connectivity index (χ4v) is 3.20. The van der Waals surface area contributed by atoms with Gasteiger partial charge in [-0.1, -0.05) is 24.9 Å². The molecule has 1 aliphatic rings. The largest absolute Gasteiger partial charge is 0.334 e. The number of benzene rings is 1. The van der Waals surface area contributed by atoms with Crippen molar-refractivity contribution in [1.82, 2.24) is 10.1 Å². The average Bonchev–Trinajstić information content (AvgIpc) is 2.88. The third-order valence-corrected chi connectivity index (χ3v) is 4.32. The topological polar surface area (TPSA) is 64.9 Å². The maximum absolute atomic E-state index is 13.2. The first kappa shape index (κ1) is 14.2. The molecule has 112 valence electrons. The van der Waals surface area contributed by atoms with Gasteiger partial charge in [0.2, 0.25) is 0 Å². The summed E-state index contributed by atoms with van der Waals surface area (Å²) in [4.78, 5) is 4.48. The van der Waals surface area contributed by atoms with Crippen molar-refractivity contribution in [2.45, 2.75) is 45.1 Å². The van der Waals surface area contributed by atoms with Gasteiger partial charge in [-0.2, -0.15) is 4.98 Å². The van der Waals surface area contributed by atoms with Crippen LogP contribution in [0.3, 0.4) is 0 Å². The van der Waals surface area contributed by atoms with Gasteiger partial charge in [-0.3, -0.25) is 0 Å². The Balaban J connectivity index is 1.92. The number of aromatic nitrogens is 2. The molecule has 0 bridgehead atoms. The first-order chi connectivity index (χ1) is 9.98. The molecule has 0 radical (unpaired) electrons. The van der Waals surface area contributed by atoms with Crippen LogP contribution in [0.15, 0.2) is 22.7 Å². The van der Waals surface area contributed by atoms with Crippen LogP contribution in [0.1, 0.15) is 44.0 Å². The van der Waals surface area contributed by atoms with Crippen molar-refractivity contribution in [2.75, 3.05) is 0 Å². The molecule has 1 heterocycles. The Morgan fingerprint density at radius 2 is 2.24 bits per heavy atom. The van der Waals surface area contributed by atoms with Crippen LogP contribution in [0.2, 0.25) is 0 Å². The number of nitrogens with two attached hydrogens (primary N) is 1. The minimum atomic E-state index is -0.507. The smallest absolute Gasteiger partial charge is 0.258 e. The van der Waals surface area contributed by atoms with Crippen molar-refractivity contribution in [3.63, 3.8) is 0 Å². The minimum Gasteiger partial charge on any atom is -0.334 e. The van der Waals surface area contributed by atoms with Crippen LogP contribution >= 0.6 is 0 Å². The van der Waals surface area contributed by atoms with E-state index in [0.29, 0.717) is 17.6 Å². The van der Waals surface area contributed by atoms with E-state index in [0.717, 1.165) is 30.4 Å². The summed E-state index contributed by atoms with van der Waals surface area (Å²) in [6, 6.07) is 4.52. The fourth-order valence-electron chi connectivity index (χ4n) is 3.20. The maximum Gasteiger partial charge on any atom is 0.258 e. The summed E-state index contributed by atoms with van der Waals surface area (Å²) in [5, 5.41) is 4.08. The molecule has 5 heteroatoms. The lowest BCUT2D eigenvalue weighted by atomic mass is 9.76. The van der Waals surface area contributed by atoms with Crippen LogP contribution in [0.25, 0.3) is 11.5 Å². The molecule has 0 spiro atoms. The lowest BCUT2D eigenvalue weighted by Gasteiger charge is -2.33. The standard InChI is InChI=1S/C16H20FN3O/c1-10-4-3-7-16(18,9-10)15-19-14(21-20-15)13-6-5-12(17)8-11(13)2/h5-6,8,10H,3-4,7,9,18H2,1-2H3. The van der Waals surface area contributed by atoms with Gasteiger partial charge in [0, 0.05) is 5.56 Å².